The Labute approximate surface area is 93.7 Å². The second-order valence-corrected chi connectivity index (χ2v) is 2.85. The molecule has 0 aromatic heterocycles. The Morgan fingerprint density at radius 3 is 2.29 bits per heavy atom. The lowest BCUT2D eigenvalue weighted by Gasteiger charge is -1.99. The zero-order chi connectivity index (χ0) is 12.8. The Balaban J connectivity index is 3.01. The van der Waals surface area contributed by atoms with Crippen molar-refractivity contribution < 1.29 is 17.6 Å². The van der Waals surface area contributed by atoms with E-state index in [1.165, 1.54) is 0 Å². The highest BCUT2D eigenvalue weighted by Crippen LogP contribution is 2.18. The second-order valence-electron chi connectivity index (χ2n) is 2.85. The fourth-order valence-electron chi connectivity index (χ4n) is 0.984. The van der Waals surface area contributed by atoms with E-state index in [4.69, 9.17) is 5.53 Å². The van der Waals surface area contributed by atoms with Gasteiger partial charge in [-0.15, -0.1) is 0 Å². The Morgan fingerprint density at radius 1 is 1.18 bits per heavy atom. The van der Waals surface area contributed by atoms with Crippen LogP contribution in [0.15, 0.2) is 11.2 Å². The van der Waals surface area contributed by atoms with Gasteiger partial charge in [0.05, 0.1) is 0 Å². The molecule has 1 aromatic rings. The van der Waals surface area contributed by atoms with Crippen LogP contribution in [0.25, 0.3) is 10.4 Å². The lowest BCUT2D eigenvalue weighted by Crippen LogP contribution is -1.98. The van der Waals surface area contributed by atoms with E-state index in [-0.39, 0.29) is 19.0 Å². The number of benzene rings is 1. The molecule has 0 aliphatic carbocycles. The van der Waals surface area contributed by atoms with Crippen molar-refractivity contribution in [3.8, 4) is 11.8 Å². The van der Waals surface area contributed by atoms with Gasteiger partial charge in [0.25, 0.3) is 0 Å². The molecule has 1 rings (SSSR count). The van der Waals surface area contributed by atoms with Crippen LogP contribution in [0, 0.1) is 35.1 Å². The van der Waals surface area contributed by atoms with E-state index >= 15 is 0 Å². The van der Waals surface area contributed by atoms with E-state index in [0.29, 0.717) is 0 Å². The third-order valence-electron chi connectivity index (χ3n) is 1.73. The first-order chi connectivity index (χ1) is 8.07. The topological polar surface area (TPSA) is 48.8 Å². The quantitative estimate of drug-likeness (QED) is 0.145. The van der Waals surface area contributed by atoms with Crippen LogP contribution in [-0.2, 0) is 0 Å². The van der Waals surface area contributed by atoms with Gasteiger partial charge in [-0.3, -0.25) is 0 Å². The van der Waals surface area contributed by atoms with E-state index in [0.717, 1.165) is 0 Å². The molecule has 1 aromatic carbocycles. The number of hydrogen-bond donors (Lipinski definition) is 0. The van der Waals surface area contributed by atoms with Crippen LogP contribution < -0.4 is 0 Å². The number of hydrogen-bond acceptors (Lipinski definition) is 1. The first kappa shape index (κ1) is 12.9. The van der Waals surface area contributed by atoms with Gasteiger partial charge in [0, 0.05) is 23.9 Å². The van der Waals surface area contributed by atoms with Gasteiger partial charge >= 0.3 is 0 Å². The monoisotopic (exact) mass is 243 g/mol. The van der Waals surface area contributed by atoms with Crippen molar-refractivity contribution in [2.75, 3.05) is 6.54 Å². The molecular formula is C10H5F4N3. The van der Waals surface area contributed by atoms with Crippen molar-refractivity contribution >= 4 is 0 Å². The molecule has 0 aliphatic rings. The van der Waals surface area contributed by atoms with Crippen molar-refractivity contribution in [3.63, 3.8) is 0 Å². The van der Waals surface area contributed by atoms with E-state index in [1.54, 1.807) is 0 Å². The molecular weight excluding hydrogens is 238 g/mol. The highest BCUT2D eigenvalue weighted by Gasteiger charge is 2.17. The Hall–Kier alpha value is -2.19. The first-order valence-electron chi connectivity index (χ1n) is 4.40. The van der Waals surface area contributed by atoms with Gasteiger partial charge in [0.15, 0.2) is 23.3 Å². The van der Waals surface area contributed by atoms with Gasteiger partial charge in [0.1, 0.15) is 5.56 Å². The number of halogens is 4. The molecule has 0 N–H and O–H groups in total. The standard InChI is InChI=1S/C10H5F4N3/c11-7-5-8(12)10(14)6(9(7)13)3-1-2-4-16-17-15/h5H,2,4H2. The fraction of sp³-hybridized carbons (Fsp3) is 0.200. The maximum Gasteiger partial charge on any atom is 0.177 e. The molecule has 0 fully saturated rings. The minimum absolute atomic E-state index is 0.00450. The van der Waals surface area contributed by atoms with E-state index < -0.39 is 28.8 Å². The molecule has 0 saturated heterocycles. The zero-order valence-electron chi connectivity index (χ0n) is 8.35. The van der Waals surface area contributed by atoms with Gasteiger partial charge in [0.2, 0.25) is 0 Å². The third kappa shape index (κ3) is 3.13. The summed E-state index contributed by atoms with van der Waals surface area (Å²) < 4.78 is 51.6. The van der Waals surface area contributed by atoms with Crippen LogP contribution in [0.5, 0.6) is 0 Å². The van der Waals surface area contributed by atoms with Crippen molar-refractivity contribution in [1.29, 1.82) is 0 Å². The molecule has 0 saturated carbocycles. The SMILES string of the molecule is [N-]=[N+]=NCCC#Cc1c(F)c(F)cc(F)c1F. The van der Waals surface area contributed by atoms with Crippen LogP contribution in [-0.4, -0.2) is 6.54 Å². The Bertz CT molecular complexity index is 512. The van der Waals surface area contributed by atoms with E-state index in [1.807, 2.05) is 5.92 Å². The van der Waals surface area contributed by atoms with E-state index in [9.17, 15) is 17.6 Å². The normalized spacial score (nSPS) is 9.18. The predicted molar refractivity (Wildman–Crippen MR) is 51.8 cm³/mol. The van der Waals surface area contributed by atoms with Crippen LogP contribution in [0.3, 0.4) is 0 Å². The average Bonchev–Trinajstić information content (AvgIpc) is 2.30. The molecule has 0 unspecified atom stereocenters. The van der Waals surface area contributed by atoms with Crippen LogP contribution in [0.1, 0.15) is 12.0 Å². The summed E-state index contributed by atoms with van der Waals surface area (Å²) in [5.41, 5.74) is 6.97. The maximum atomic E-state index is 13.1. The van der Waals surface area contributed by atoms with Gasteiger partial charge in [-0.05, 0) is 5.53 Å². The molecule has 0 atom stereocenters. The molecule has 0 spiro atoms. The number of nitrogens with zero attached hydrogens (tertiary/aromatic N) is 3. The molecule has 0 aliphatic heterocycles. The van der Waals surface area contributed by atoms with Gasteiger partial charge in [-0.25, -0.2) is 17.6 Å². The summed E-state index contributed by atoms with van der Waals surface area (Å²) >= 11 is 0. The van der Waals surface area contributed by atoms with E-state index in [2.05, 4.69) is 15.9 Å². The summed E-state index contributed by atoms with van der Waals surface area (Å²) in [6, 6.07) is 0.107. The van der Waals surface area contributed by atoms with Gasteiger partial charge < -0.3 is 0 Å². The van der Waals surface area contributed by atoms with Crippen LogP contribution >= 0.6 is 0 Å². The zero-order valence-corrected chi connectivity index (χ0v) is 8.35. The minimum Gasteiger partial charge on any atom is -0.204 e. The van der Waals surface area contributed by atoms with Crippen LogP contribution in [0.2, 0.25) is 0 Å². The van der Waals surface area contributed by atoms with Crippen LogP contribution in [0.4, 0.5) is 17.6 Å². The lowest BCUT2D eigenvalue weighted by atomic mass is 10.2. The van der Waals surface area contributed by atoms with Crippen molar-refractivity contribution in [1.82, 2.24) is 0 Å². The van der Waals surface area contributed by atoms with Gasteiger partial charge in [-0.2, -0.15) is 0 Å². The molecule has 17 heavy (non-hydrogen) atoms. The molecule has 0 radical (unpaired) electrons. The Kier molecular flexibility index (Phi) is 4.37. The summed E-state index contributed by atoms with van der Waals surface area (Å²) in [6.45, 7) is 0.00450. The van der Waals surface area contributed by atoms with Crippen molar-refractivity contribution in [3.05, 3.63) is 45.3 Å². The molecule has 88 valence electrons. The predicted octanol–water partition coefficient (Wildman–Crippen LogP) is 3.29. The first-order valence-corrected chi connectivity index (χ1v) is 4.40. The number of rotatable bonds is 2. The molecule has 0 bridgehead atoms. The lowest BCUT2D eigenvalue weighted by molar-refractivity contribution is 0.450. The largest absolute Gasteiger partial charge is 0.204 e. The molecule has 7 heteroatoms. The van der Waals surface area contributed by atoms with Crippen molar-refractivity contribution in [2.24, 2.45) is 5.11 Å². The summed E-state index contributed by atoms with van der Waals surface area (Å²) in [5.74, 6) is -1.90. The van der Waals surface area contributed by atoms with Gasteiger partial charge in [-0.1, -0.05) is 17.0 Å². The smallest absolute Gasteiger partial charge is 0.177 e. The molecule has 0 amide bonds. The molecule has 0 heterocycles. The van der Waals surface area contributed by atoms with Crippen molar-refractivity contribution in [2.45, 2.75) is 6.42 Å². The Morgan fingerprint density at radius 2 is 1.76 bits per heavy atom. The highest BCUT2D eigenvalue weighted by molar-refractivity contribution is 5.37. The summed E-state index contributed by atoms with van der Waals surface area (Å²) in [5, 5.41) is 3.13. The third-order valence-corrected chi connectivity index (χ3v) is 1.73. The summed E-state index contributed by atoms with van der Waals surface area (Å²) in [4.78, 5) is 2.43. The maximum absolute atomic E-state index is 13.1. The number of azide groups is 1. The second kappa shape index (κ2) is 5.77. The summed E-state index contributed by atoms with van der Waals surface area (Å²) in [6.07, 6.45) is 0.0288. The summed E-state index contributed by atoms with van der Waals surface area (Å²) in [7, 11) is 0. The highest BCUT2D eigenvalue weighted by atomic mass is 19.2. The minimum atomic E-state index is -1.54. The average molecular weight is 243 g/mol. The fourth-order valence-corrected chi connectivity index (χ4v) is 0.984. The molecule has 3 nitrogen and oxygen atoms in total.